The number of nitrogens with zero attached hydrogens (tertiary/aromatic N) is 1. The third-order valence-corrected chi connectivity index (χ3v) is 7.04. The Kier molecular flexibility index (Phi) is 15.7. The standard InChI is InChI=1S/C23H34FNO3S.3H2S/c1-4-23(26)28-22-13-21-20-12-17(3)16(2)11-18(20)5-8-25(21)14-19(22)6-9-27-15-29-10-7-24;;;/h11-12,19,21-22H,4-10,13-15H2,1-3H3;3*1H2/t19-,21-,22-;;;/m0.../s1/i24-1;;;. The maximum absolute atomic E-state index is 12.2. The van der Waals surface area contributed by atoms with Crippen molar-refractivity contribution >= 4 is 58.2 Å². The number of esters is 1. The second-order valence-corrected chi connectivity index (χ2v) is 9.24. The molecule has 0 bridgehead atoms. The molecule has 0 saturated carbocycles. The van der Waals surface area contributed by atoms with E-state index in [1.165, 1.54) is 34.0 Å². The van der Waals surface area contributed by atoms with Crippen molar-refractivity contribution in [3.63, 3.8) is 0 Å². The Balaban J connectivity index is 0.00000320. The second-order valence-electron chi connectivity index (χ2n) is 8.19. The van der Waals surface area contributed by atoms with Gasteiger partial charge >= 0.3 is 5.97 Å². The van der Waals surface area contributed by atoms with Gasteiger partial charge in [0.25, 0.3) is 0 Å². The number of benzene rings is 1. The van der Waals surface area contributed by atoms with Crippen molar-refractivity contribution in [1.82, 2.24) is 4.90 Å². The minimum atomic E-state index is -0.317. The van der Waals surface area contributed by atoms with E-state index in [2.05, 4.69) is 30.9 Å². The molecule has 2 aliphatic rings. The van der Waals surface area contributed by atoms with E-state index in [1.54, 1.807) is 0 Å². The normalized spacial score (nSPS) is 21.8. The van der Waals surface area contributed by atoms with Crippen molar-refractivity contribution < 1.29 is 18.7 Å². The highest BCUT2D eigenvalue weighted by Gasteiger charge is 2.40. The molecule has 0 aromatic heterocycles. The maximum Gasteiger partial charge on any atom is 0.305 e. The van der Waals surface area contributed by atoms with Crippen LogP contribution in [-0.2, 0) is 20.7 Å². The summed E-state index contributed by atoms with van der Waals surface area (Å²) >= 11 is 1.47. The number of ether oxygens (including phenoxy) is 2. The molecule has 32 heavy (non-hydrogen) atoms. The minimum Gasteiger partial charge on any atom is -0.462 e. The highest BCUT2D eigenvalue weighted by Crippen LogP contribution is 2.41. The quantitative estimate of drug-likeness (QED) is 0.260. The number of piperidine rings is 1. The first-order valence-corrected chi connectivity index (χ1v) is 11.9. The van der Waals surface area contributed by atoms with E-state index in [0.717, 1.165) is 32.4 Å². The Labute approximate surface area is 218 Å². The van der Waals surface area contributed by atoms with Gasteiger partial charge in [-0.25, -0.2) is 0 Å². The highest BCUT2D eigenvalue weighted by molar-refractivity contribution is 7.99. The molecule has 3 atom stereocenters. The monoisotopic (exact) mass is 524 g/mol. The van der Waals surface area contributed by atoms with Crippen LogP contribution in [0.25, 0.3) is 0 Å². The van der Waals surface area contributed by atoms with E-state index in [4.69, 9.17) is 9.47 Å². The van der Waals surface area contributed by atoms with Crippen LogP contribution in [0.5, 0.6) is 0 Å². The van der Waals surface area contributed by atoms with E-state index in [9.17, 15) is 9.18 Å². The van der Waals surface area contributed by atoms with E-state index >= 15 is 0 Å². The van der Waals surface area contributed by atoms with E-state index in [0.29, 0.717) is 30.8 Å². The fourth-order valence-electron chi connectivity index (χ4n) is 4.51. The van der Waals surface area contributed by atoms with Crippen molar-refractivity contribution in [2.45, 2.75) is 58.6 Å². The Morgan fingerprint density at radius 3 is 2.62 bits per heavy atom. The Morgan fingerprint density at radius 1 is 1.22 bits per heavy atom. The summed E-state index contributed by atoms with van der Waals surface area (Å²) in [6.07, 6.45) is 3.13. The lowest BCUT2D eigenvalue weighted by molar-refractivity contribution is -0.157. The first-order valence-electron chi connectivity index (χ1n) is 10.8. The van der Waals surface area contributed by atoms with Gasteiger partial charge in [0.05, 0.1) is 12.6 Å². The van der Waals surface area contributed by atoms with Crippen molar-refractivity contribution in [1.29, 1.82) is 0 Å². The molecule has 0 unspecified atom stereocenters. The molecule has 2 aliphatic heterocycles. The third-order valence-electron chi connectivity index (χ3n) is 6.27. The number of hydrogen-bond acceptors (Lipinski definition) is 5. The average molecular weight is 525 g/mol. The third kappa shape index (κ3) is 8.31. The van der Waals surface area contributed by atoms with Crippen LogP contribution in [-0.4, -0.2) is 55.0 Å². The number of halogens is 1. The summed E-state index contributed by atoms with van der Waals surface area (Å²) in [5.41, 5.74) is 5.53. The molecule has 0 aliphatic carbocycles. The van der Waals surface area contributed by atoms with Gasteiger partial charge in [0.1, 0.15) is 6.10 Å². The van der Waals surface area contributed by atoms with Gasteiger partial charge in [-0.05, 0) is 48.9 Å². The second kappa shape index (κ2) is 15.8. The van der Waals surface area contributed by atoms with Gasteiger partial charge in [-0.15, -0.1) is 11.8 Å². The number of aryl methyl sites for hydroxylation is 2. The predicted molar refractivity (Wildman–Crippen MR) is 147 cm³/mol. The molecule has 186 valence electrons. The fourth-order valence-corrected chi connectivity index (χ4v) is 4.97. The number of carbonyl (C=O) groups excluding carboxylic acids is 1. The van der Waals surface area contributed by atoms with Crippen molar-refractivity contribution in [2.24, 2.45) is 5.92 Å². The zero-order chi connectivity index (χ0) is 20.8. The van der Waals surface area contributed by atoms with Crippen LogP contribution in [0.3, 0.4) is 0 Å². The van der Waals surface area contributed by atoms with Crippen molar-refractivity contribution in [2.75, 3.05) is 38.1 Å². The molecule has 9 heteroatoms. The highest BCUT2D eigenvalue weighted by atomic mass is 32.2. The van der Waals surface area contributed by atoms with Gasteiger partial charge in [-0.2, -0.15) is 40.5 Å². The van der Waals surface area contributed by atoms with Gasteiger partial charge in [0, 0.05) is 50.3 Å². The average Bonchev–Trinajstić information content (AvgIpc) is 2.71. The molecule has 1 aromatic carbocycles. The molecule has 3 rings (SSSR count). The topological polar surface area (TPSA) is 38.8 Å². The molecular formula is C23H40FNO3S4. The van der Waals surface area contributed by atoms with E-state index < -0.39 is 0 Å². The fraction of sp³-hybridized carbons (Fsp3) is 0.696. The molecule has 0 N–H and O–H groups in total. The predicted octanol–water partition coefficient (Wildman–Crippen LogP) is 4.95. The molecule has 4 nitrogen and oxygen atoms in total. The molecular weight excluding hydrogens is 485 g/mol. The van der Waals surface area contributed by atoms with Gasteiger partial charge in [-0.1, -0.05) is 19.1 Å². The lowest BCUT2D eigenvalue weighted by Gasteiger charge is -2.47. The smallest absolute Gasteiger partial charge is 0.305 e. The number of alkyl halides is 1. The van der Waals surface area contributed by atoms with Gasteiger partial charge in [0.2, 0.25) is 0 Å². The first-order chi connectivity index (χ1) is 14.0. The summed E-state index contributed by atoms with van der Waals surface area (Å²) in [6, 6.07) is 5.00. The van der Waals surface area contributed by atoms with Crippen LogP contribution in [0.2, 0.25) is 0 Å². The summed E-state index contributed by atoms with van der Waals surface area (Å²) in [5, 5.41) is 0. The first kappa shape index (κ1) is 31.9. The molecule has 1 saturated heterocycles. The minimum absolute atomic E-state index is 0. The molecule has 0 amide bonds. The number of fused-ring (bicyclic) bond motifs is 3. The summed E-state index contributed by atoms with van der Waals surface area (Å²) in [4.78, 5) is 14.6. The van der Waals surface area contributed by atoms with Crippen LogP contribution in [0.1, 0.15) is 54.5 Å². The summed E-state index contributed by atoms with van der Waals surface area (Å²) in [6.45, 7) is 8.49. The number of rotatable bonds is 9. The zero-order valence-corrected chi connectivity index (χ0v) is 23.2. The molecule has 0 spiro atoms. The van der Waals surface area contributed by atoms with Crippen LogP contribution < -0.4 is 0 Å². The van der Waals surface area contributed by atoms with Gasteiger partial charge in [0.15, 0.2) is 0 Å². The maximum atomic E-state index is 12.2. The SMILES string of the molecule is CCC(=O)O[C@H]1C[C@H]2c3cc(C)c(C)cc3CCN2C[C@@H]1CCOCSCC[18F].S.S.S. The Bertz CT molecular complexity index is 710. The summed E-state index contributed by atoms with van der Waals surface area (Å²) in [7, 11) is 0. The van der Waals surface area contributed by atoms with Crippen LogP contribution in [0.15, 0.2) is 12.1 Å². The molecule has 0 radical (unpaired) electrons. The largest absolute Gasteiger partial charge is 0.462 e. The van der Waals surface area contributed by atoms with Gasteiger partial charge < -0.3 is 9.47 Å². The van der Waals surface area contributed by atoms with E-state index in [-0.39, 0.29) is 65.2 Å². The van der Waals surface area contributed by atoms with Crippen molar-refractivity contribution in [3.8, 4) is 0 Å². The van der Waals surface area contributed by atoms with Crippen LogP contribution >= 0.6 is 52.2 Å². The lowest BCUT2D eigenvalue weighted by Crippen LogP contribution is -2.49. The van der Waals surface area contributed by atoms with Crippen LogP contribution in [0.4, 0.5) is 4.39 Å². The number of thioether (sulfide) groups is 1. The van der Waals surface area contributed by atoms with E-state index in [1.807, 2.05) is 6.92 Å². The lowest BCUT2D eigenvalue weighted by atomic mass is 9.79. The molecule has 1 fully saturated rings. The Morgan fingerprint density at radius 2 is 1.94 bits per heavy atom. The summed E-state index contributed by atoms with van der Waals surface area (Å²) < 4.78 is 23.7. The van der Waals surface area contributed by atoms with Crippen LogP contribution in [0, 0.1) is 19.8 Å². The summed E-state index contributed by atoms with van der Waals surface area (Å²) in [5.74, 6) is 1.16. The molecule has 1 aromatic rings. The molecule has 2 heterocycles. The Hall–Kier alpha value is -0.0600. The number of hydrogen-bond donors (Lipinski definition) is 0. The zero-order valence-electron chi connectivity index (χ0n) is 19.4. The van der Waals surface area contributed by atoms with Gasteiger partial charge in [-0.3, -0.25) is 14.1 Å². The van der Waals surface area contributed by atoms with Crippen molar-refractivity contribution in [3.05, 3.63) is 34.4 Å². The number of carbonyl (C=O) groups is 1.